The summed E-state index contributed by atoms with van der Waals surface area (Å²) in [4.78, 5) is 0. The molecule has 3 heterocycles. The van der Waals surface area contributed by atoms with Crippen molar-refractivity contribution in [2.75, 3.05) is 0 Å². The molecule has 5 nitrogen and oxygen atoms in total. The van der Waals surface area contributed by atoms with Crippen LogP contribution in [0.4, 0.5) is 0 Å². The number of halogens is 1. The van der Waals surface area contributed by atoms with E-state index >= 15 is 0 Å². The van der Waals surface area contributed by atoms with Crippen molar-refractivity contribution in [1.29, 1.82) is 0 Å². The highest BCUT2D eigenvalue weighted by Gasteiger charge is 2.05. The van der Waals surface area contributed by atoms with E-state index in [0.717, 1.165) is 21.2 Å². The number of nitrogens with zero attached hydrogens (tertiary/aromatic N) is 5. The van der Waals surface area contributed by atoms with Gasteiger partial charge in [-0.3, -0.25) is 4.68 Å². The van der Waals surface area contributed by atoms with Crippen molar-refractivity contribution in [3.05, 3.63) is 35.3 Å². The second-order valence-electron chi connectivity index (χ2n) is 3.53. The van der Waals surface area contributed by atoms with Crippen LogP contribution in [0.3, 0.4) is 0 Å². The fourth-order valence-corrected chi connectivity index (χ4v) is 1.99. The molecule has 0 N–H and O–H groups in total. The van der Waals surface area contributed by atoms with Gasteiger partial charge in [-0.05, 0) is 22.0 Å². The zero-order chi connectivity index (χ0) is 11.1. The van der Waals surface area contributed by atoms with Gasteiger partial charge in [0.25, 0.3) is 0 Å². The predicted molar refractivity (Wildman–Crippen MR) is 62.9 cm³/mol. The molecule has 0 saturated heterocycles. The molecule has 0 aliphatic heterocycles. The van der Waals surface area contributed by atoms with Crippen LogP contribution in [0, 0.1) is 0 Å². The highest BCUT2D eigenvalue weighted by Crippen LogP contribution is 2.21. The Morgan fingerprint density at radius 2 is 2.06 bits per heavy atom. The number of aryl methyl sites for hydroxylation is 1. The second-order valence-corrected chi connectivity index (χ2v) is 4.28. The third kappa shape index (κ3) is 1.42. The maximum Gasteiger partial charge on any atom is 0.156 e. The van der Waals surface area contributed by atoms with Crippen molar-refractivity contribution in [3.8, 4) is 11.1 Å². The van der Waals surface area contributed by atoms with Gasteiger partial charge >= 0.3 is 0 Å². The molecule has 0 unspecified atom stereocenters. The van der Waals surface area contributed by atoms with E-state index in [0.29, 0.717) is 0 Å². The first-order valence-electron chi connectivity index (χ1n) is 4.73. The lowest BCUT2D eigenvalue weighted by Crippen LogP contribution is -1.88. The van der Waals surface area contributed by atoms with Crippen molar-refractivity contribution in [3.63, 3.8) is 0 Å². The van der Waals surface area contributed by atoms with E-state index in [1.165, 1.54) is 0 Å². The van der Waals surface area contributed by atoms with Crippen LogP contribution in [0.1, 0.15) is 0 Å². The molecular formula is C10H8BrN5. The highest BCUT2D eigenvalue weighted by molar-refractivity contribution is 9.10. The highest BCUT2D eigenvalue weighted by atomic mass is 79.9. The minimum Gasteiger partial charge on any atom is -0.275 e. The van der Waals surface area contributed by atoms with Gasteiger partial charge in [-0.1, -0.05) is 11.3 Å². The van der Waals surface area contributed by atoms with E-state index in [4.69, 9.17) is 0 Å². The van der Waals surface area contributed by atoms with E-state index < -0.39 is 0 Å². The first-order chi connectivity index (χ1) is 7.74. The number of hydrogen-bond donors (Lipinski definition) is 0. The van der Waals surface area contributed by atoms with Crippen LogP contribution in [0.15, 0.2) is 35.3 Å². The number of rotatable bonds is 1. The van der Waals surface area contributed by atoms with Gasteiger partial charge in [0.1, 0.15) is 5.52 Å². The van der Waals surface area contributed by atoms with E-state index in [2.05, 4.69) is 31.3 Å². The van der Waals surface area contributed by atoms with Crippen LogP contribution in [0.5, 0.6) is 0 Å². The molecule has 0 amide bonds. The molecule has 80 valence electrons. The SMILES string of the molecule is Cn1cc(-c2ccc3c(Br)nnn3c2)cn1. The molecule has 0 radical (unpaired) electrons. The van der Waals surface area contributed by atoms with E-state index in [1.807, 2.05) is 37.8 Å². The molecule has 0 spiro atoms. The summed E-state index contributed by atoms with van der Waals surface area (Å²) in [6, 6.07) is 4.01. The Hall–Kier alpha value is -1.69. The molecule has 0 bridgehead atoms. The van der Waals surface area contributed by atoms with Crippen molar-refractivity contribution in [2.45, 2.75) is 0 Å². The van der Waals surface area contributed by atoms with Gasteiger partial charge in [-0.15, -0.1) is 5.10 Å². The van der Waals surface area contributed by atoms with Crippen molar-refractivity contribution in [1.82, 2.24) is 24.6 Å². The lowest BCUT2D eigenvalue weighted by atomic mass is 10.2. The topological polar surface area (TPSA) is 48.0 Å². The number of pyridine rings is 1. The third-order valence-corrected chi connectivity index (χ3v) is 2.97. The maximum atomic E-state index is 4.14. The first kappa shape index (κ1) is 9.53. The van der Waals surface area contributed by atoms with Crippen molar-refractivity contribution < 1.29 is 0 Å². The fraction of sp³-hybridized carbons (Fsp3) is 0.100. The molecule has 0 saturated carbocycles. The maximum absolute atomic E-state index is 4.14. The van der Waals surface area contributed by atoms with E-state index in [1.54, 1.807) is 9.20 Å². The monoisotopic (exact) mass is 277 g/mol. The molecule has 0 aliphatic rings. The largest absolute Gasteiger partial charge is 0.275 e. The third-order valence-electron chi connectivity index (χ3n) is 2.41. The lowest BCUT2D eigenvalue weighted by molar-refractivity contribution is 0.768. The van der Waals surface area contributed by atoms with E-state index in [-0.39, 0.29) is 0 Å². The van der Waals surface area contributed by atoms with Gasteiger partial charge in [0.15, 0.2) is 4.60 Å². The Labute approximate surface area is 99.8 Å². The zero-order valence-electron chi connectivity index (χ0n) is 8.50. The summed E-state index contributed by atoms with van der Waals surface area (Å²) in [6.07, 6.45) is 5.73. The number of aromatic nitrogens is 5. The number of hydrogen-bond acceptors (Lipinski definition) is 3. The van der Waals surface area contributed by atoms with Gasteiger partial charge in [0.2, 0.25) is 0 Å². The predicted octanol–water partition coefficient (Wildman–Crippen LogP) is 1.89. The Balaban J connectivity index is 2.18. The zero-order valence-corrected chi connectivity index (χ0v) is 10.1. The van der Waals surface area contributed by atoms with E-state index in [9.17, 15) is 0 Å². The summed E-state index contributed by atoms with van der Waals surface area (Å²) >= 11 is 3.34. The molecule has 0 fully saturated rings. The summed E-state index contributed by atoms with van der Waals surface area (Å²) in [5, 5.41) is 12.1. The lowest BCUT2D eigenvalue weighted by Gasteiger charge is -1.97. The summed E-state index contributed by atoms with van der Waals surface area (Å²) in [7, 11) is 1.90. The van der Waals surface area contributed by atoms with Crippen LogP contribution in [0.2, 0.25) is 0 Å². The summed E-state index contributed by atoms with van der Waals surface area (Å²) in [5.74, 6) is 0. The number of fused-ring (bicyclic) bond motifs is 1. The molecule has 0 atom stereocenters. The van der Waals surface area contributed by atoms with Gasteiger partial charge in [-0.25, -0.2) is 4.52 Å². The quantitative estimate of drug-likeness (QED) is 0.683. The fourth-order valence-electron chi connectivity index (χ4n) is 1.61. The minimum absolute atomic E-state index is 0.755. The minimum atomic E-state index is 0.755. The summed E-state index contributed by atoms with van der Waals surface area (Å²) in [5.41, 5.74) is 3.08. The van der Waals surface area contributed by atoms with Crippen LogP contribution in [-0.2, 0) is 7.05 Å². The Bertz CT molecular complexity index is 654. The van der Waals surface area contributed by atoms with Crippen LogP contribution >= 0.6 is 15.9 Å². The smallest absolute Gasteiger partial charge is 0.156 e. The van der Waals surface area contributed by atoms with Gasteiger partial charge in [0.05, 0.1) is 6.20 Å². The molecule has 0 aliphatic carbocycles. The normalized spacial score (nSPS) is 11.1. The average Bonchev–Trinajstić information content (AvgIpc) is 2.86. The summed E-state index contributed by atoms with van der Waals surface area (Å²) in [6.45, 7) is 0. The molecule has 3 aromatic heterocycles. The molecule has 0 aromatic carbocycles. The first-order valence-corrected chi connectivity index (χ1v) is 5.53. The van der Waals surface area contributed by atoms with Crippen molar-refractivity contribution in [2.24, 2.45) is 7.05 Å². The molecular weight excluding hydrogens is 270 g/mol. The Morgan fingerprint density at radius 3 is 2.81 bits per heavy atom. The molecule has 3 aromatic rings. The standard InChI is InChI=1S/C10H8BrN5/c1-15-5-8(4-12-15)7-2-3-9-10(11)13-14-16(9)6-7/h2-6H,1H3. The van der Waals surface area contributed by atoms with Gasteiger partial charge in [0, 0.05) is 30.6 Å². The van der Waals surface area contributed by atoms with Gasteiger partial charge in [-0.2, -0.15) is 5.10 Å². The Kier molecular flexibility index (Phi) is 2.03. The van der Waals surface area contributed by atoms with Gasteiger partial charge < -0.3 is 0 Å². The van der Waals surface area contributed by atoms with Crippen LogP contribution < -0.4 is 0 Å². The summed E-state index contributed by atoms with van der Waals surface area (Å²) < 4.78 is 4.27. The average molecular weight is 278 g/mol. The second kappa shape index (κ2) is 3.41. The molecule has 16 heavy (non-hydrogen) atoms. The van der Waals surface area contributed by atoms with Crippen molar-refractivity contribution >= 4 is 21.4 Å². The molecule has 6 heteroatoms. The Morgan fingerprint density at radius 1 is 1.19 bits per heavy atom. The molecule has 3 rings (SSSR count). The van der Waals surface area contributed by atoms with Crippen LogP contribution in [-0.4, -0.2) is 24.6 Å². The van der Waals surface area contributed by atoms with Crippen LogP contribution in [0.25, 0.3) is 16.6 Å².